The molecule has 8 heteroatoms. The Labute approximate surface area is 102 Å². The summed E-state index contributed by atoms with van der Waals surface area (Å²) in [6, 6.07) is 5.52. The van der Waals surface area contributed by atoms with Gasteiger partial charge in [-0.1, -0.05) is 21.8 Å². The van der Waals surface area contributed by atoms with Gasteiger partial charge < -0.3 is 10.5 Å². The predicted octanol–water partition coefficient (Wildman–Crippen LogP) is 1.67. The maximum Gasteiger partial charge on any atom is 0.414 e. The van der Waals surface area contributed by atoms with Crippen LogP contribution in [0.4, 0.5) is 13.7 Å². The van der Waals surface area contributed by atoms with E-state index in [-0.39, 0.29) is 19.0 Å². The lowest BCUT2D eigenvalue weighted by Gasteiger charge is -2.05. The van der Waals surface area contributed by atoms with Gasteiger partial charge >= 0.3 is 6.09 Å². The molecule has 5 nitrogen and oxygen atoms in total. The predicted molar refractivity (Wildman–Crippen MR) is 59.7 cm³/mol. The minimum Gasteiger partial charge on any atom is -0.444 e. The number of hydrogen-bond donors (Lipinski definition) is 2. The van der Waals surface area contributed by atoms with Crippen LogP contribution in [-0.2, 0) is 11.3 Å². The molecule has 1 aromatic rings. The Morgan fingerprint density at radius 1 is 1.53 bits per heavy atom. The summed E-state index contributed by atoms with van der Waals surface area (Å²) in [6.07, 6.45) is -0.969. The van der Waals surface area contributed by atoms with Crippen LogP contribution in [0.2, 0.25) is 0 Å². The van der Waals surface area contributed by atoms with Crippen molar-refractivity contribution in [3.8, 4) is 0 Å². The number of nitrogens with one attached hydrogen (secondary N) is 1. The number of guanidine groups is 1. The van der Waals surface area contributed by atoms with E-state index in [9.17, 15) is 13.7 Å². The summed E-state index contributed by atoms with van der Waals surface area (Å²) in [5.41, 5.74) is 5.33. The second kappa shape index (κ2) is 7.39. The lowest BCUT2D eigenvalue weighted by molar-refractivity contribution is 0.144. The fourth-order valence-electron chi connectivity index (χ4n) is 0.937. The van der Waals surface area contributed by atoms with Gasteiger partial charge in [-0.3, -0.25) is 5.32 Å². The molecule has 0 aliphatic carbocycles. The molecule has 1 aromatic carbocycles. The van der Waals surface area contributed by atoms with Crippen LogP contribution >= 0.6 is 12.4 Å². The molecule has 0 unspecified atom stereocenters. The third kappa shape index (κ3) is 5.67. The first-order chi connectivity index (χ1) is 7.61. The first-order valence-electron chi connectivity index (χ1n) is 4.24. The van der Waals surface area contributed by atoms with E-state index in [4.69, 9.17) is 5.73 Å². The van der Waals surface area contributed by atoms with Gasteiger partial charge in [-0.2, -0.15) is 0 Å². The van der Waals surface area contributed by atoms with Crippen LogP contribution in [0.25, 0.3) is 0 Å². The minimum atomic E-state index is -0.969. The Kier molecular flexibility index (Phi) is 6.57. The third-order valence-corrected chi connectivity index (χ3v) is 1.58. The van der Waals surface area contributed by atoms with Gasteiger partial charge in [0.1, 0.15) is 12.4 Å². The standard InChI is InChI=1S/C9H9F2N3O2.ClH/c10-7-3-1-2-6(4-7)5-16-9(15)13-8(12)14-11;/h1-4H,5H2,(H3,12,13,14,15);1H. The molecule has 0 heterocycles. The average molecular weight is 266 g/mol. The van der Waals surface area contributed by atoms with Crippen molar-refractivity contribution in [2.24, 2.45) is 10.9 Å². The molecular weight excluding hydrogens is 256 g/mol. The maximum absolute atomic E-state index is 12.7. The van der Waals surface area contributed by atoms with Gasteiger partial charge in [0.15, 0.2) is 0 Å². The van der Waals surface area contributed by atoms with Gasteiger partial charge in [0.25, 0.3) is 0 Å². The summed E-state index contributed by atoms with van der Waals surface area (Å²) in [6.45, 7) is -0.150. The van der Waals surface area contributed by atoms with E-state index in [0.717, 1.165) is 0 Å². The number of hydrogen-bond acceptors (Lipinski definition) is 3. The monoisotopic (exact) mass is 265 g/mol. The number of halogens is 3. The SMILES string of the molecule is Cl.NC(=NF)NC(=O)OCc1cccc(F)c1. The highest BCUT2D eigenvalue weighted by molar-refractivity contribution is 5.92. The van der Waals surface area contributed by atoms with Crippen LogP contribution in [0.5, 0.6) is 0 Å². The molecule has 0 radical (unpaired) electrons. The first kappa shape index (κ1) is 15.1. The summed E-state index contributed by atoms with van der Waals surface area (Å²) in [7, 11) is 0. The van der Waals surface area contributed by atoms with E-state index < -0.39 is 17.9 Å². The second-order valence-electron chi connectivity index (χ2n) is 2.80. The molecular formula is C9H10ClF2N3O2. The molecule has 0 aromatic heterocycles. The van der Waals surface area contributed by atoms with E-state index in [2.05, 4.69) is 4.74 Å². The number of alkyl carbamates (subject to hydrolysis) is 1. The van der Waals surface area contributed by atoms with Crippen molar-refractivity contribution in [2.45, 2.75) is 6.61 Å². The van der Waals surface area contributed by atoms with Crippen molar-refractivity contribution in [1.82, 2.24) is 5.32 Å². The number of carbonyl (C=O) groups is 1. The normalized spacial score (nSPS) is 10.4. The molecule has 17 heavy (non-hydrogen) atoms. The highest BCUT2D eigenvalue weighted by Gasteiger charge is 2.04. The quantitative estimate of drug-likeness (QED) is 0.631. The molecule has 0 atom stereocenters. The summed E-state index contributed by atoms with van der Waals surface area (Å²) in [5, 5.41) is 3.83. The average Bonchev–Trinajstić information content (AvgIpc) is 2.26. The smallest absolute Gasteiger partial charge is 0.414 e. The molecule has 0 saturated carbocycles. The molecule has 0 saturated heterocycles. The number of ether oxygens (including phenoxy) is 1. The second-order valence-corrected chi connectivity index (χ2v) is 2.80. The molecule has 1 amide bonds. The van der Waals surface area contributed by atoms with E-state index in [1.54, 1.807) is 6.07 Å². The van der Waals surface area contributed by atoms with Crippen LogP contribution in [-0.4, -0.2) is 12.1 Å². The van der Waals surface area contributed by atoms with Gasteiger partial charge in [-0.25, -0.2) is 9.18 Å². The largest absolute Gasteiger partial charge is 0.444 e. The number of rotatable bonds is 2. The highest BCUT2D eigenvalue weighted by Crippen LogP contribution is 2.04. The van der Waals surface area contributed by atoms with Crippen LogP contribution in [0.15, 0.2) is 29.5 Å². The fraction of sp³-hybridized carbons (Fsp3) is 0.111. The Balaban J connectivity index is 0.00000256. The Bertz CT molecular complexity index is 415. The lowest BCUT2D eigenvalue weighted by atomic mass is 10.2. The molecule has 0 fully saturated rings. The van der Waals surface area contributed by atoms with Gasteiger partial charge in [0.05, 0.1) is 0 Å². The van der Waals surface area contributed by atoms with E-state index in [1.807, 2.05) is 10.5 Å². The van der Waals surface area contributed by atoms with Crippen molar-refractivity contribution in [2.75, 3.05) is 0 Å². The van der Waals surface area contributed by atoms with E-state index in [1.165, 1.54) is 18.2 Å². The fourth-order valence-corrected chi connectivity index (χ4v) is 0.937. The van der Waals surface area contributed by atoms with Gasteiger partial charge in [0.2, 0.25) is 5.96 Å². The van der Waals surface area contributed by atoms with Crippen LogP contribution in [0, 0.1) is 5.82 Å². The summed E-state index contributed by atoms with van der Waals surface area (Å²) >= 11 is 0. The van der Waals surface area contributed by atoms with Crippen molar-refractivity contribution in [1.29, 1.82) is 0 Å². The van der Waals surface area contributed by atoms with Gasteiger partial charge in [-0.05, 0) is 17.7 Å². The molecule has 0 aliphatic rings. The van der Waals surface area contributed by atoms with Crippen LogP contribution in [0.1, 0.15) is 5.56 Å². The van der Waals surface area contributed by atoms with Crippen LogP contribution < -0.4 is 11.1 Å². The highest BCUT2D eigenvalue weighted by atomic mass is 35.5. The molecule has 0 spiro atoms. The van der Waals surface area contributed by atoms with Crippen molar-refractivity contribution in [3.63, 3.8) is 0 Å². The summed E-state index contributed by atoms with van der Waals surface area (Å²) in [5.74, 6) is -1.14. The van der Waals surface area contributed by atoms with Gasteiger partial charge in [-0.15, -0.1) is 12.4 Å². The van der Waals surface area contributed by atoms with Crippen LogP contribution in [0.3, 0.4) is 0 Å². The number of carbonyl (C=O) groups excluding carboxylic acids is 1. The minimum absolute atomic E-state index is 0. The van der Waals surface area contributed by atoms with E-state index in [0.29, 0.717) is 5.56 Å². The lowest BCUT2D eigenvalue weighted by Crippen LogP contribution is -2.36. The molecule has 0 bridgehead atoms. The number of benzene rings is 1. The zero-order valence-corrected chi connectivity index (χ0v) is 9.34. The molecule has 3 N–H and O–H groups in total. The number of nitrogens with two attached hydrogens (primary N) is 1. The maximum atomic E-state index is 12.7. The zero-order chi connectivity index (χ0) is 12.0. The number of amides is 1. The Hall–Kier alpha value is -1.89. The summed E-state index contributed by atoms with van der Waals surface area (Å²) < 4.78 is 28.8. The third-order valence-electron chi connectivity index (χ3n) is 1.58. The van der Waals surface area contributed by atoms with Crippen molar-refractivity contribution < 1.29 is 18.4 Å². The first-order valence-corrected chi connectivity index (χ1v) is 4.24. The van der Waals surface area contributed by atoms with Crippen molar-refractivity contribution in [3.05, 3.63) is 35.6 Å². The molecule has 0 aliphatic heterocycles. The molecule has 1 rings (SSSR count). The topological polar surface area (TPSA) is 76.7 Å². The Morgan fingerprint density at radius 3 is 2.82 bits per heavy atom. The van der Waals surface area contributed by atoms with Gasteiger partial charge in [0, 0.05) is 0 Å². The number of nitrogens with zero attached hydrogens (tertiary/aromatic N) is 1. The summed E-state index contributed by atoms with van der Waals surface area (Å²) in [4.78, 5) is 10.9. The molecule has 94 valence electrons. The van der Waals surface area contributed by atoms with E-state index >= 15 is 0 Å². The Morgan fingerprint density at radius 2 is 2.24 bits per heavy atom. The van der Waals surface area contributed by atoms with Crippen molar-refractivity contribution >= 4 is 24.5 Å². The zero-order valence-electron chi connectivity index (χ0n) is 8.52.